The third-order valence-corrected chi connectivity index (χ3v) is 3.29. The van der Waals surface area contributed by atoms with Crippen molar-refractivity contribution in [3.05, 3.63) is 21.2 Å². The van der Waals surface area contributed by atoms with Gasteiger partial charge in [-0.3, -0.25) is 4.79 Å². The summed E-state index contributed by atoms with van der Waals surface area (Å²) in [6, 6.07) is 0. The zero-order valence-corrected chi connectivity index (χ0v) is 10.6. The maximum absolute atomic E-state index is 11.1. The Hall–Kier alpha value is -0.930. The van der Waals surface area contributed by atoms with Crippen LogP contribution in [0.15, 0.2) is 15.6 Å². The molecule has 0 radical (unpaired) electrons. The highest BCUT2D eigenvalue weighted by Gasteiger charge is 2.05. The number of nitrogens with two attached hydrogens (primary N) is 1. The fourth-order valence-corrected chi connectivity index (χ4v) is 1.89. The number of H-pyrrole nitrogens is 1. The topological polar surface area (TPSA) is 118 Å². The summed E-state index contributed by atoms with van der Waals surface area (Å²) in [6.45, 7) is 0.367. The van der Waals surface area contributed by atoms with Crippen molar-refractivity contribution in [1.29, 1.82) is 0 Å². The van der Waals surface area contributed by atoms with Gasteiger partial charge in [-0.1, -0.05) is 0 Å². The van der Waals surface area contributed by atoms with Crippen LogP contribution in [0.4, 0.5) is 5.82 Å². The summed E-state index contributed by atoms with van der Waals surface area (Å²) in [7, 11) is -3.44. The molecule has 1 heterocycles. The van der Waals surface area contributed by atoms with Gasteiger partial charge in [0.05, 0.1) is 12.1 Å². The number of rotatable bonds is 5. The highest BCUT2D eigenvalue weighted by molar-refractivity contribution is 9.10. The molecule has 9 heteroatoms. The van der Waals surface area contributed by atoms with Gasteiger partial charge in [-0.15, -0.1) is 0 Å². The summed E-state index contributed by atoms with van der Waals surface area (Å²) >= 11 is 3.06. The largest absolute Gasteiger partial charge is 0.369 e. The second-order valence-corrected chi connectivity index (χ2v) is 5.57. The quantitative estimate of drug-likeness (QED) is 0.641. The van der Waals surface area contributed by atoms with Crippen LogP contribution in [0.3, 0.4) is 0 Å². The Labute approximate surface area is 101 Å². The molecule has 16 heavy (non-hydrogen) atoms. The molecule has 4 N–H and O–H groups in total. The third-order valence-electron chi connectivity index (χ3n) is 1.69. The molecular weight excluding hydrogens is 300 g/mol. The predicted octanol–water partition coefficient (Wildman–Crippen LogP) is -0.377. The number of aromatic nitrogens is 2. The maximum Gasteiger partial charge on any atom is 0.267 e. The zero-order valence-electron chi connectivity index (χ0n) is 8.23. The molecule has 0 aliphatic carbocycles. The Morgan fingerprint density at radius 2 is 2.25 bits per heavy atom. The van der Waals surface area contributed by atoms with Crippen molar-refractivity contribution in [3.63, 3.8) is 0 Å². The minimum atomic E-state index is -3.44. The van der Waals surface area contributed by atoms with Crippen molar-refractivity contribution in [2.24, 2.45) is 5.14 Å². The lowest BCUT2D eigenvalue weighted by atomic mass is 10.4. The van der Waals surface area contributed by atoms with Gasteiger partial charge < -0.3 is 10.3 Å². The van der Waals surface area contributed by atoms with E-state index in [0.29, 0.717) is 18.8 Å². The molecule has 0 amide bonds. The molecule has 1 rings (SSSR count). The van der Waals surface area contributed by atoms with Crippen LogP contribution in [-0.4, -0.2) is 30.7 Å². The van der Waals surface area contributed by atoms with Gasteiger partial charge in [-0.05, 0) is 22.4 Å². The fraction of sp³-hybridized carbons (Fsp3) is 0.429. The number of halogens is 1. The Balaban J connectivity index is 2.50. The SMILES string of the molecule is NS(=O)(=O)CCCNc1nc[nH]c(=O)c1Br. The molecule has 7 nitrogen and oxygen atoms in total. The van der Waals surface area contributed by atoms with Crippen molar-refractivity contribution in [3.8, 4) is 0 Å². The molecule has 0 bridgehead atoms. The van der Waals surface area contributed by atoms with Crippen molar-refractivity contribution in [2.45, 2.75) is 6.42 Å². The van der Waals surface area contributed by atoms with E-state index in [-0.39, 0.29) is 15.8 Å². The molecule has 0 aromatic carbocycles. The van der Waals surface area contributed by atoms with Crippen molar-refractivity contribution < 1.29 is 8.42 Å². The van der Waals surface area contributed by atoms with Crippen molar-refractivity contribution >= 4 is 31.8 Å². The van der Waals surface area contributed by atoms with Gasteiger partial charge in [0.15, 0.2) is 0 Å². The van der Waals surface area contributed by atoms with Gasteiger partial charge in [0.1, 0.15) is 10.3 Å². The molecule has 0 spiro atoms. The zero-order chi connectivity index (χ0) is 12.2. The van der Waals surface area contributed by atoms with Crippen LogP contribution in [-0.2, 0) is 10.0 Å². The number of sulfonamides is 1. The van der Waals surface area contributed by atoms with E-state index >= 15 is 0 Å². The molecule has 1 aromatic heterocycles. The fourth-order valence-electron chi connectivity index (χ4n) is 0.986. The van der Waals surface area contributed by atoms with E-state index in [1.165, 1.54) is 6.33 Å². The number of primary sulfonamides is 1. The second kappa shape index (κ2) is 5.41. The Morgan fingerprint density at radius 1 is 1.56 bits per heavy atom. The van der Waals surface area contributed by atoms with Crippen LogP contribution >= 0.6 is 15.9 Å². The molecule has 0 atom stereocenters. The van der Waals surface area contributed by atoms with E-state index in [2.05, 4.69) is 31.2 Å². The van der Waals surface area contributed by atoms with Crippen LogP contribution in [0.5, 0.6) is 0 Å². The minimum absolute atomic E-state index is 0.110. The number of hydrogen-bond acceptors (Lipinski definition) is 5. The summed E-state index contributed by atoms with van der Waals surface area (Å²) in [6.07, 6.45) is 1.61. The van der Waals surface area contributed by atoms with Crippen LogP contribution in [0.25, 0.3) is 0 Å². The highest BCUT2D eigenvalue weighted by atomic mass is 79.9. The first kappa shape index (κ1) is 13.1. The van der Waals surface area contributed by atoms with Crippen LogP contribution < -0.4 is 16.0 Å². The van der Waals surface area contributed by atoms with Crippen molar-refractivity contribution in [1.82, 2.24) is 9.97 Å². The average Bonchev–Trinajstić information content (AvgIpc) is 2.17. The normalized spacial score (nSPS) is 11.4. The van der Waals surface area contributed by atoms with Gasteiger partial charge in [-0.2, -0.15) is 0 Å². The van der Waals surface area contributed by atoms with Crippen LogP contribution in [0, 0.1) is 0 Å². The first-order valence-electron chi connectivity index (χ1n) is 4.37. The highest BCUT2D eigenvalue weighted by Crippen LogP contribution is 2.12. The molecule has 0 saturated heterocycles. The van der Waals surface area contributed by atoms with Gasteiger partial charge in [0.2, 0.25) is 10.0 Å². The van der Waals surface area contributed by atoms with Crippen molar-refractivity contribution in [2.75, 3.05) is 17.6 Å². The van der Waals surface area contributed by atoms with E-state index in [0.717, 1.165) is 0 Å². The number of nitrogens with one attached hydrogen (secondary N) is 2. The number of aromatic amines is 1. The number of anilines is 1. The lowest BCUT2D eigenvalue weighted by Crippen LogP contribution is -2.19. The predicted molar refractivity (Wildman–Crippen MR) is 63.6 cm³/mol. The third kappa shape index (κ3) is 4.29. The minimum Gasteiger partial charge on any atom is -0.369 e. The monoisotopic (exact) mass is 310 g/mol. The smallest absolute Gasteiger partial charge is 0.267 e. The molecular formula is C7H11BrN4O3S. The first-order chi connectivity index (χ1) is 7.40. The summed E-state index contributed by atoms with van der Waals surface area (Å²) in [4.78, 5) is 17.4. The summed E-state index contributed by atoms with van der Waals surface area (Å²) in [5.74, 6) is 0.263. The molecule has 90 valence electrons. The molecule has 1 aromatic rings. The van der Waals surface area contributed by atoms with E-state index in [9.17, 15) is 13.2 Å². The van der Waals surface area contributed by atoms with Gasteiger partial charge in [-0.25, -0.2) is 18.5 Å². The lowest BCUT2D eigenvalue weighted by molar-refractivity contribution is 0.595. The number of nitrogens with zero attached hydrogens (tertiary/aromatic N) is 1. The lowest BCUT2D eigenvalue weighted by Gasteiger charge is -2.05. The molecule has 0 fully saturated rings. The van der Waals surface area contributed by atoms with E-state index < -0.39 is 10.0 Å². The molecule has 0 aliphatic rings. The molecule has 0 aliphatic heterocycles. The van der Waals surface area contributed by atoms with E-state index in [1.807, 2.05) is 0 Å². The van der Waals surface area contributed by atoms with Crippen LogP contribution in [0.1, 0.15) is 6.42 Å². The van der Waals surface area contributed by atoms with E-state index in [4.69, 9.17) is 5.14 Å². The van der Waals surface area contributed by atoms with Gasteiger partial charge in [0, 0.05) is 6.54 Å². The average molecular weight is 311 g/mol. The van der Waals surface area contributed by atoms with Crippen LogP contribution in [0.2, 0.25) is 0 Å². The number of hydrogen-bond donors (Lipinski definition) is 3. The molecule has 0 saturated carbocycles. The van der Waals surface area contributed by atoms with Gasteiger partial charge in [0.25, 0.3) is 5.56 Å². The molecule has 0 unspecified atom stereocenters. The van der Waals surface area contributed by atoms with E-state index in [1.54, 1.807) is 0 Å². The Morgan fingerprint density at radius 3 is 2.88 bits per heavy atom. The first-order valence-corrected chi connectivity index (χ1v) is 6.88. The maximum atomic E-state index is 11.1. The Kier molecular flexibility index (Phi) is 4.44. The second-order valence-electron chi connectivity index (χ2n) is 3.04. The van der Waals surface area contributed by atoms with Gasteiger partial charge >= 0.3 is 0 Å². The summed E-state index contributed by atoms with van der Waals surface area (Å²) in [5, 5.41) is 7.66. The summed E-state index contributed by atoms with van der Waals surface area (Å²) in [5.41, 5.74) is -0.302. The Bertz CT molecular complexity index is 513. The standard InChI is InChI=1S/C7H11BrN4O3S/c8-5-6(11-4-12-7(5)13)10-2-1-3-16(9,14)15/h4H,1-3H2,(H2,9,14,15)(H2,10,11,12,13). The summed E-state index contributed by atoms with van der Waals surface area (Å²) < 4.78 is 21.6.